The van der Waals surface area contributed by atoms with Crippen LogP contribution in [-0.4, -0.2) is 63.0 Å². The average molecular weight is 316 g/mol. The molecule has 1 aromatic heterocycles. The summed E-state index contributed by atoms with van der Waals surface area (Å²) in [5.41, 5.74) is 2.12. The highest BCUT2D eigenvalue weighted by molar-refractivity contribution is 5.76. The summed E-state index contributed by atoms with van der Waals surface area (Å²) >= 11 is 0. The molecule has 0 aliphatic rings. The number of amides is 1. The number of nitrogens with one attached hydrogen (secondary N) is 1. The smallest absolute Gasteiger partial charge is 0.223 e. The zero-order valence-electron chi connectivity index (χ0n) is 14.0. The number of aromatic amines is 1. The maximum absolute atomic E-state index is 12.0. The highest BCUT2D eigenvalue weighted by atomic mass is 16.2. The van der Waals surface area contributed by atoms with Gasteiger partial charge in [-0.05, 0) is 31.7 Å². The van der Waals surface area contributed by atoms with Crippen LogP contribution in [-0.2, 0) is 11.3 Å². The molecule has 2 rings (SSSR count). The summed E-state index contributed by atoms with van der Waals surface area (Å²) in [6, 6.07) is 8.06. The second kappa shape index (κ2) is 8.38. The van der Waals surface area contributed by atoms with E-state index in [1.54, 1.807) is 0 Å². The van der Waals surface area contributed by atoms with Crippen molar-refractivity contribution in [3.05, 3.63) is 29.8 Å². The normalized spacial score (nSPS) is 11.0. The minimum absolute atomic E-state index is 0.217. The van der Waals surface area contributed by atoms with Gasteiger partial charge in [0.1, 0.15) is 0 Å². The Morgan fingerprint density at radius 2 is 1.87 bits per heavy atom. The lowest BCUT2D eigenvalue weighted by molar-refractivity contribution is -0.131. The van der Waals surface area contributed by atoms with Crippen LogP contribution >= 0.6 is 0 Å². The third-order valence-corrected chi connectivity index (χ3v) is 3.83. The molecule has 0 aliphatic carbocycles. The molecule has 0 radical (unpaired) electrons. The van der Waals surface area contributed by atoms with Gasteiger partial charge in [0.05, 0.1) is 0 Å². The number of hydrogen-bond acceptors (Lipinski definition) is 5. The standard InChI is InChI=1S/C16H24N6O/c1-4-22(5-2)15(23)10-11-21(3)12-13-6-8-14(9-7-13)16-17-19-20-18-16/h6-9H,4-5,10-12H2,1-3H3,(H,17,18,19,20). The SMILES string of the molecule is CCN(CC)C(=O)CCN(C)Cc1ccc(-c2nn[nH]n2)cc1. The molecule has 0 bridgehead atoms. The highest BCUT2D eigenvalue weighted by Crippen LogP contribution is 2.14. The zero-order valence-corrected chi connectivity index (χ0v) is 14.0. The van der Waals surface area contributed by atoms with E-state index in [-0.39, 0.29) is 5.91 Å². The fourth-order valence-electron chi connectivity index (χ4n) is 2.45. The van der Waals surface area contributed by atoms with E-state index in [1.807, 2.05) is 37.9 Å². The van der Waals surface area contributed by atoms with E-state index >= 15 is 0 Å². The second-order valence-electron chi connectivity index (χ2n) is 5.49. The lowest BCUT2D eigenvalue weighted by atomic mass is 10.1. The molecule has 2 aromatic rings. The Balaban J connectivity index is 1.83. The number of hydrogen-bond donors (Lipinski definition) is 1. The van der Waals surface area contributed by atoms with Crippen molar-refractivity contribution in [1.29, 1.82) is 0 Å². The van der Waals surface area contributed by atoms with Crippen LogP contribution in [0.3, 0.4) is 0 Å². The maximum atomic E-state index is 12.0. The lowest BCUT2D eigenvalue weighted by Crippen LogP contribution is -2.33. The molecule has 7 nitrogen and oxygen atoms in total. The molecule has 124 valence electrons. The van der Waals surface area contributed by atoms with Crippen molar-refractivity contribution >= 4 is 5.91 Å². The number of aromatic nitrogens is 4. The Morgan fingerprint density at radius 1 is 1.17 bits per heavy atom. The molecule has 0 unspecified atom stereocenters. The highest BCUT2D eigenvalue weighted by Gasteiger charge is 2.11. The molecule has 1 amide bonds. The quantitative estimate of drug-likeness (QED) is 0.799. The molecule has 0 spiro atoms. The molecule has 0 saturated heterocycles. The van der Waals surface area contributed by atoms with E-state index in [9.17, 15) is 4.79 Å². The minimum atomic E-state index is 0.217. The Hall–Kier alpha value is -2.28. The van der Waals surface area contributed by atoms with Crippen LogP contribution in [0.15, 0.2) is 24.3 Å². The van der Waals surface area contributed by atoms with Gasteiger partial charge in [0.2, 0.25) is 11.7 Å². The summed E-state index contributed by atoms with van der Waals surface area (Å²) in [6.07, 6.45) is 0.555. The van der Waals surface area contributed by atoms with Crippen LogP contribution in [0.1, 0.15) is 25.8 Å². The van der Waals surface area contributed by atoms with Gasteiger partial charge in [0.25, 0.3) is 0 Å². The van der Waals surface area contributed by atoms with E-state index in [1.165, 1.54) is 5.56 Å². The van der Waals surface area contributed by atoms with Gasteiger partial charge in [-0.1, -0.05) is 24.3 Å². The fourth-order valence-corrected chi connectivity index (χ4v) is 2.45. The van der Waals surface area contributed by atoms with Crippen molar-refractivity contribution in [2.24, 2.45) is 0 Å². The Morgan fingerprint density at radius 3 is 2.43 bits per heavy atom. The van der Waals surface area contributed by atoms with E-state index in [0.29, 0.717) is 12.2 Å². The average Bonchev–Trinajstić information content (AvgIpc) is 3.09. The minimum Gasteiger partial charge on any atom is -0.343 e. The van der Waals surface area contributed by atoms with Crippen molar-refractivity contribution in [1.82, 2.24) is 30.4 Å². The predicted octanol–water partition coefficient (Wildman–Crippen LogP) is 1.56. The number of H-pyrrole nitrogens is 1. The van der Waals surface area contributed by atoms with Crippen molar-refractivity contribution in [2.75, 3.05) is 26.7 Å². The van der Waals surface area contributed by atoms with Gasteiger partial charge in [0, 0.05) is 38.2 Å². The lowest BCUT2D eigenvalue weighted by Gasteiger charge is -2.21. The molecule has 7 heteroatoms. The predicted molar refractivity (Wildman–Crippen MR) is 88.5 cm³/mol. The van der Waals surface area contributed by atoms with Crippen LogP contribution in [0, 0.1) is 0 Å². The number of rotatable bonds is 8. The van der Waals surface area contributed by atoms with E-state index < -0.39 is 0 Å². The van der Waals surface area contributed by atoms with Gasteiger partial charge in [0.15, 0.2) is 0 Å². The first-order chi connectivity index (χ1) is 11.1. The molecule has 1 aromatic carbocycles. The summed E-state index contributed by atoms with van der Waals surface area (Å²) in [4.78, 5) is 16.0. The number of tetrazole rings is 1. The van der Waals surface area contributed by atoms with Crippen LogP contribution in [0.5, 0.6) is 0 Å². The van der Waals surface area contributed by atoms with Crippen molar-refractivity contribution < 1.29 is 4.79 Å². The van der Waals surface area contributed by atoms with E-state index in [4.69, 9.17) is 0 Å². The van der Waals surface area contributed by atoms with Crippen LogP contribution in [0.2, 0.25) is 0 Å². The van der Waals surface area contributed by atoms with Crippen LogP contribution < -0.4 is 0 Å². The largest absolute Gasteiger partial charge is 0.343 e. The Labute approximate surface area is 136 Å². The van der Waals surface area contributed by atoms with Crippen LogP contribution in [0.25, 0.3) is 11.4 Å². The molecule has 23 heavy (non-hydrogen) atoms. The number of carbonyl (C=O) groups excluding carboxylic acids is 1. The monoisotopic (exact) mass is 316 g/mol. The van der Waals surface area contributed by atoms with Crippen molar-refractivity contribution in [3.63, 3.8) is 0 Å². The van der Waals surface area contributed by atoms with Gasteiger partial charge in [-0.15, -0.1) is 10.2 Å². The van der Waals surface area contributed by atoms with E-state index in [0.717, 1.165) is 31.7 Å². The van der Waals surface area contributed by atoms with Gasteiger partial charge >= 0.3 is 0 Å². The number of carbonyl (C=O) groups is 1. The van der Waals surface area contributed by atoms with Crippen molar-refractivity contribution in [3.8, 4) is 11.4 Å². The Kier molecular flexibility index (Phi) is 6.22. The first-order valence-electron chi connectivity index (χ1n) is 7.93. The molecule has 0 fully saturated rings. The molecular weight excluding hydrogens is 292 g/mol. The molecule has 0 atom stereocenters. The number of benzene rings is 1. The number of nitrogens with zero attached hydrogens (tertiary/aromatic N) is 5. The van der Waals surface area contributed by atoms with E-state index in [2.05, 4.69) is 37.7 Å². The summed E-state index contributed by atoms with van der Waals surface area (Å²) in [5.74, 6) is 0.809. The molecule has 0 aliphatic heterocycles. The van der Waals surface area contributed by atoms with Gasteiger partial charge in [-0.2, -0.15) is 5.21 Å². The zero-order chi connectivity index (χ0) is 16.7. The van der Waals surface area contributed by atoms with Gasteiger partial charge in [-0.25, -0.2) is 0 Å². The summed E-state index contributed by atoms with van der Waals surface area (Å²) in [6.45, 7) is 7.12. The molecule has 1 N–H and O–H groups in total. The third kappa shape index (κ3) is 4.85. The fraction of sp³-hybridized carbons (Fsp3) is 0.500. The first-order valence-corrected chi connectivity index (χ1v) is 7.93. The maximum Gasteiger partial charge on any atom is 0.223 e. The second-order valence-corrected chi connectivity index (χ2v) is 5.49. The van der Waals surface area contributed by atoms with Crippen molar-refractivity contribution in [2.45, 2.75) is 26.8 Å². The molecule has 1 heterocycles. The molecular formula is C16H24N6O. The first kappa shape index (κ1) is 17.1. The topological polar surface area (TPSA) is 78.0 Å². The molecule has 0 saturated carbocycles. The summed E-state index contributed by atoms with van der Waals surface area (Å²) < 4.78 is 0. The van der Waals surface area contributed by atoms with Crippen LogP contribution in [0.4, 0.5) is 0 Å². The van der Waals surface area contributed by atoms with Gasteiger partial charge in [-0.3, -0.25) is 4.79 Å². The summed E-state index contributed by atoms with van der Waals surface area (Å²) in [7, 11) is 2.03. The van der Waals surface area contributed by atoms with Gasteiger partial charge < -0.3 is 9.80 Å². The Bertz CT molecular complexity index is 592. The third-order valence-electron chi connectivity index (χ3n) is 3.83. The summed E-state index contributed by atoms with van der Waals surface area (Å²) in [5, 5.41) is 13.9.